The van der Waals surface area contributed by atoms with E-state index in [1.807, 2.05) is 17.9 Å². The molecule has 2 atom stereocenters. The Morgan fingerprint density at radius 1 is 1.37 bits per heavy atom. The van der Waals surface area contributed by atoms with Gasteiger partial charge in [-0.15, -0.1) is 0 Å². The van der Waals surface area contributed by atoms with E-state index in [0.29, 0.717) is 12.1 Å². The van der Waals surface area contributed by atoms with Crippen molar-refractivity contribution in [2.24, 2.45) is 7.05 Å². The van der Waals surface area contributed by atoms with Crippen molar-refractivity contribution in [3.8, 4) is 0 Å². The standard InChI is InChI=1S/C14H25N5/c1-3-5-15-14(12-4-6-16-17(12)2)13-11-18-7-9-19(13)10-8-18/h4,6,13-15H,3,5,7-11H2,1-2H3. The van der Waals surface area contributed by atoms with Crippen molar-refractivity contribution in [2.75, 3.05) is 39.3 Å². The van der Waals surface area contributed by atoms with E-state index >= 15 is 0 Å². The molecule has 1 aromatic rings. The Hall–Kier alpha value is -0.910. The van der Waals surface area contributed by atoms with Crippen LogP contribution in [0, 0.1) is 0 Å². The number of hydrogen-bond donors (Lipinski definition) is 1. The number of fused-ring (bicyclic) bond motifs is 3. The molecule has 19 heavy (non-hydrogen) atoms. The van der Waals surface area contributed by atoms with Crippen LogP contribution in [0.1, 0.15) is 25.1 Å². The highest BCUT2D eigenvalue weighted by atomic mass is 15.4. The summed E-state index contributed by atoms with van der Waals surface area (Å²) in [7, 11) is 2.05. The van der Waals surface area contributed by atoms with E-state index in [4.69, 9.17) is 0 Å². The van der Waals surface area contributed by atoms with Gasteiger partial charge in [0.25, 0.3) is 0 Å². The molecule has 5 nitrogen and oxygen atoms in total. The van der Waals surface area contributed by atoms with Crippen LogP contribution in [0.15, 0.2) is 12.3 Å². The van der Waals surface area contributed by atoms with Gasteiger partial charge in [0.2, 0.25) is 0 Å². The Morgan fingerprint density at radius 2 is 2.16 bits per heavy atom. The van der Waals surface area contributed by atoms with E-state index in [1.54, 1.807) is 0 Å². The van der Waals surface area contributed by atoms with Crippen molar-refractivity contribution in [3.63, 3.8) is 0 Å². The number of aromatic nitrogens is 2. The van der Waals surface area contributed by atoms with Gasteiger partial charge in [0, 0.05) is 52.0 Å². The molecule has 3 fully saturated rings. The molecule has 0 aromatic carbocycles. The van der Waals surface area contributed by atoms with Gasteiger partial charge in [-0.1, -0.05) is 6.92 Å². The summed E-state index contributed by atoms with van der Waals surface area (Å²) in [5.41, 5.74) is 1.31. The van der Waals surface area contributed by atoms with Crippen molar-refractivity contribution < 1.29 is 0 Å². The molecule has 3 saturated heterocycles. The van der Waals surface area contributed by atoms with Crippen LogP contribution < -0.4 is 5.32 Å². The zero-order chi connectivity index (χ0) is 13.2. The Balaban J connectivity index is 1.81. The first-order chi connectivity index (χ1) is 9.29. The molecular formula is C14H25N5. The predicted molar refractivity (Wildman–Crippen MR) is 76.0 cm³/mol. The van der Waals surface area contributed by atoms with Gasteiger partial charge in [0.05, 0.1) is 11.7 Å². The van der Waals surface area contributed by atoms with Crippen LogP contribution in [0.4, 0.5) is 0 Å². The second kappa shape index (κ2) is 5.61. The van der Waals surface area contributed by atoms with Crippen LogP contribution >= 0.6 is 0 Å². The zero-order valence-electron chi connectivity index (χ0n) is 12.0. The molecule has 3 aliphatic heterocycles. The second-order valence-electron chi connectivity index (χ2n) is 5.72. The van der Waals surface area contributed by atoms with Crippen LogP contribution in [-0.2, 0) is 7.05 Å². The molecule has 106 valence electrons. The molecule has 0 spiro atoms. The summed E-state index contributed by atoms with van der Waals surface area (Å²) in [5, 5.41) is 8.09. The number of aryl methyl sites for hydroxylation is 1. The lowest BCUT2D eigenvalue weighted by atomic mass is 9.97. The van der Waals surface area contributed by atoms with E-state index < -0.39 is 0 Å². The maximum absolute atomic E-state index is 4.35. The minimum Gasteiger partial charge on any atom is -0.307 e. The molecule has 0 amide bonds. The molecule has 1 aromatic heterocycles. The normalized spacial score (nSPS) is 31.6. The van der Waals surface area contributed by atoms with Crippen molar-refractivity contribution in [2.45, 2.75) is 25.4 Å². The van der Waals surface area contributed by atoms with E-state index in [1.165, 1.54) is 44.8 Å². The first-order valence-corrected chi connectivity index (χ1v) is 7.47. The summed E-state index contributed by atoms with van der Waals surface area (Å²) >= 11 is 0. The zero-order valence-corrected chi connectivity index (χ0v) is 12.0. The van der Waals surface area contributed by atoms with Crippen molar-refractivity contribution in [1.82, 2.24) is 24.9 Å². The third-order valence-corrected chi connectivity index (χ3v) is 4.50. The molecule has 5 heteroatoms. The maximum Gasteiger partial charge on any atom is 0.0662 e. The molecule has 3 aliphatic rings. The molecule has 4 heterocycles. The Labute approximate surface area is 115 Å². The Morgan fingerprint density at radius 3 is 2.68 bits per heavy atom. The van der Waals surface area contributed by atoms with Gasteiger partial charge in [-0.25, -0.2) is 0 Å². The molecule has 0 saturated carbocycles. The lowest BCUT2D eigenvalue weighted by Crippen LogP contribution is -2.64. The maximum atomic E-state index is 4.35. The third-order valence-electron chi connectivity index (χ3n) is 4.50. The highest BCUT2D eigenvalue weighted by Gasteiger charge is 2.37. The highest BCUT2D eigenvalue weighted by molar-refractivity contribution is 5.12. The average Bonchev–Trinajstić information content (AvgIpc) is 2.87. The van der Waals surface area contributed by atoms with Crippen LogP contribution in [0.5, 0.6) is 0 Å². The first kappa shape index (κ1) is 13.1. The van der Waals surface area contributed by atoms with Gasteiger partial charge in [0.1, 0.15) is 0 Å². The van der Waals surface area contributed by atoms with Crippen molar-refractivity contribution in [3.05, 3.63) is 18.0 Å². The number of nitrogens with zero attached hydrogens (tertiary/aromatic N) is 4. The van der Waals surface area contributed by atoms with Crippen LogP contribution in [-0.4, -0.2) is 64.9 Å². The summed E-state index contributed by atoms with van der Waals surface area (Å²) in [6, 6.07) is 3.14. The number of hydrogen-bond acceptors (Lipinski definition) is 4. The predicted octanol–water partition coefficient (Wildman–Crippen LogP) is 0.461. The lowest BCUT2D eigenvalue weighted by Gasteiger charge is -2.50. The van der Waals surface area contributed by atoms with Crippen LogP contribution in [0.2, 0.25) is 0 Å². The molecular weight excluding hydrogens is 238 g/mol. The fourth-order valence-electron chi connectivity index (χ4n) is 3.40. The summed E-state index contributed by atoms with van der Waals surface area (Å²) in [6.45, 7) is 9.39. The van der Waals surface area contributed by atoms with Gasteiger partial charge in [-0.3, -0.25) is 14.5 Å². The fourth-order valence-corrected chi connectivity index (χ4v) is 3.40. The monoisotopic (exact) mass is 263 g/mol. The molecule has 4 rings (SSSR count). The SMILES string of the molecule is CCCNC(c1ccnn1C)C1CN2CCN1CC2. The van der Waals surface area contributed by atoms with Gasteiger partial charge in [-0.2, -0.15) is 5.10 Å². The average molecular weight is 263 g/mol. The summed E-state index contributed by atoms with van der Waals surface area (Å²) < 4.78 is 2.02. The largest absolute Gasteiger partial charge is 0.307 e. The Bertz CT molecular complexity index is 408. The van der Waals surface area contributed by atoms with Crippen LogP contribution in [0.25, 0.3) is 0 Å². The number of nitrogens with one attached hydrogen (secondary N) is 1. The quantitative estimate of drug-likeness (QED) is 0.837. The fraction of sp³-hybridized carbons (Fsp3) is 0.786. The smallest absolute Gasteiger partial charge is 0.0662 e. The second-order valence-corrected chi connectivity index (χ2v) is 5.72. The minimum absolute atomic E-state index is 0.399. The van der Waals surface area contributed by atoms with Gasteiger partial charge in [0.15, 0.2) is 0 Å². The molecule has 0 aliphatic carbocycles. The van der Waals surface area contributed by atoms with Crippen LogP contribution in [0.3, 0.4) is 0 Å². The topological polar surface area (TPSA) is 36.3 Å². The third kappa shape index (κ3) is 2.55. The highest BCUT2D eigenvalue weighted by Crippen LogP contribution is 2.26. The van der Waals surface area contributed by atoms with E-state index in [-0.39, 0.29) is 0 Å². The first-order valence-electron chi connectivity index (χ1n) is 7.47. The summed E-state index contributed by atoms with van der Waals surface area (Å²) in [4.78, 5) is 5.25. The lowest BCUT2D eigenvalue weighted by molar-refractivity contribution is -0.00481. The molecule has 1 N–H and O–H groups in total. The van der Waals surface area contributed by atoms with Crippen molar-refractivity contribution in [1.29, 1.82) is 0 Å². The number of rotatable bonds is 5. The van der Waals surface area contributed by atoms with Crippen molar-refractivity contribution >= 4 is 0 Å². The van der Waals surface area contributed by atoms with E-state index in [0.717, 1.165) is 6.54 Å². The van der Waals surface area contributed by atoms with E-state index in [2.05, 4.69) is 33.2 Å². The Kier molecular flexibility index (Phi) is 3.86. The molecule has 0 radical (unpaired) electrons. The molecule has 2 bridgehead atoms. The van der Waals surface area contributed by atoms with E-state index in [9.17, 15) is 0 Å². The summed E-state index contributed by atoms with van der Waals surface area (Å²) in [5.74, 6) is 0. The van der Waals surface area contributed by atoms with Gasteiger partial charge >= 0.3 is 0 Å². The summed E-state index contributed by atoms with van der Waals surface area (Å²) in [6.07, 6.45) is 3.08. The van der Waals surface area contributed by atoms with Gasteiger partial charge in [-0.05, 0) is 19.0 Å². The number of piperazine rings is 3. The minimum atomic E-state index is 0.399. The van der Waals surface area contributed by atoms with Gasteiger partial charge < -0.3 is 5.32 Å². The molecule has 2 unspecified atom stereocenters.